The molecule has 0 fully saturated rings. The average Bonchev–Trinajstić information content (AvgIpc) is 1.41. The summed E-state index contributed by atoms with van der Waals surface area (Å²) in [6, 6.07) is 0. The number of amidine groups is 1. The van der Waals surface area contributed by atoms with Gasteiger partial charge in [-0.15, -0.1) is 0 Å². The second-order valence-electron chi connectivity index (χ2n) is 0.683. The molecule has 0 rings (SSSR count). The summed E-state index contributed by atoms with van der Waals surface area (Å²) in [5.74, 6) is 0.167. The highest BCUT2D eigenvalue weighted by atomic mass is 16.2. The Morgan fingerprint density at radius 3 is 1.67 bits per heavy atom. The highest BCUT2D eigenvalue weighted by Crippen LogP contribution is 1.36. The van der Waals surface area contributed by atoms with Gasteiger partial charge < -0.3 is 10.8 Å². The molecule has 0 unspecified atom stereocenters. The lowest BCUT2D eigenvalue weighted by molar-refractivity contribution is 0.399. The number of nitrogens with two attached hydrogens (primary N) is 1. The minimum atomic E-state index is 0.167. The summed E-state index contributed by atoms with van der Waals surface area (Å²) in [5, 5.41) is 13.3. The van der Waals surface area contributed by atoms with Gasteiger partial charge in [-0.2, -0.15) is 0 Å². The Morgan fingerprint density at radius 2 is 1.67 bits per heavy atom. The fourth-order valence-corrected chi connectivity index (χ4v) is 0. The molecule has 0 heterocycles. The summed E-state index contributed by atoms with van der Waals surface area (Å²) in [5.41, 5.74) is 4.69. The SMILES string of the molecule is CC(=N)N.CO. The van der Waals surface area contributed by atoms with Gasteiger partial charge in [-0.1, -0.05) is 0 Å². The van der Waals surface area contributed by atoms with Gasteiger partial charge >= 0.3 is 0 Å². The van der Waals surface area contributed by atoms with E-state index in [2.05, 4.69) is 0 Å². The van der Waals surface area contributed by atoms with E-state index < -0.39 is 0 Å². The van der Waals surface area contributed by atoms with Crippen molar-refractivity contribution in [1.82, 2.24) is 0 Å². The lowest BCUT2D eigenvalue weighted by atomic mass is 10.8. The molecule has 0 aliphatic heterocycles. The fourth-order valence-electron chi connectivity index (χ4n) is 0. The van der Waals surface area contributed by atoms with E-state index in [9.17, 15) is 0 Å². The summed E-state index contributed by atoms with van der Waals surface area (Å²) >= 11 is 0. The van der Waals surface area contributed by atoms with Crippen LogP contribution in [0.2, 0.25) is 0 Å². The lowest BCUT2D eigenvalue weighted by Gasteiger charge is -1.66. The Hall–Kier alpha value is -0.570. The van der Waals surface area contributed by atoms with Crippen LogP contribution in [0.25, 0.3) is 0 Å². The third-order valence-corrected chi connectivity index (χ3v) is 0. The van der Waals surface area contributed by atoms with Crippen molar-refractivity contribution in [2.75, 3.05) is 7.11 Å². The topological polar surface area (TPSA) is 70.1 Å². The van der Waals surface area contributed by atoms with E-state index in [4.69, 9.17) is 16.2 Å². The number of hydrogen-bond acceptors (Lipinski definition) is 2. The second kappa shape index (κ2) is 8.83. The van der Waals surface area contributed by atoms with Crippen LogP contribution in [0.4, 0.5) is 0 Å². The highest BCUT2D eigenvalue weighted by Gasteiger charge is 1.53. The summed E-state index contributed by atoms with van der Waals surface area (Å²) < 4.78 is 0. The van der Waals surface area contributed by atoms with Crippen molar-refractivity contribution in [2.24, 2.45) is 5.73 Å². The molecule has 0 radical (unpaired) electrons. The van der Waals surface area contributed by atoms with Crippen LogP contribution >= 0.6 is 0 Å². The standard InChI is InChI=1S/C2H6N2.CH4O/c1-2(3)4;1-2/h1H3,(H3,3,4);2H,1H3. The molecular weight excluding hydrogens is 80.0 g/mol. The predicted molar refractivity (Wildman–Crippen MR) is 25.7 cm³/mol. The van der Waals surface area contributed by atoms with Crippen molar-refractivity contribution in [3.8, 4) is 0 Å². The first-order chi connectivity index (χ1) is 2.73. The van der Waals surface area contributed by atoms with E-state index in [1.165, 1.54) is 6.92 Å². The van der Waals surface area contributed by atoms with Crippen LogP contribution in [0.15, 0.2) is 0 Å². The van der Waals surface area contributed by atoms with Gasteiger partial charge in [-0.3, -0.25) is 5.41 Å². The predicted octanol–water partition coefficient (Wildman–Crippen LogP) is -0.449. The first-order valence-corrected chi connectivity index (χ1v) is 1.49. The van der Waals surface area contributed by atoms with Crippen molar-refractivity contribution >= 4 is 5.84 Å². The van der Waals surface area contributed by atoms with Crippen LogP contribution in [-0.2, 0) is 0 Å². The molecule has 0 aromatic carbocycles. The van der Waals surface area contributed by atoms with Gasteiger partial charge in [0.25, 0.3) is 0 Å². The maximum absolute atomic E-state index is 7.00. The number of nitrogens with one attached hydrogen (secondary N) is 1. The highest BCUT2D eigenvalue weighted by molar-refractivity contribution is 5.73. The maximum atomic E-state index is 7.00. The van der Waals surface area contributed by atoms with Crippen LogP contribution in [0, 0.1) is 5.41 Å². The molecule has 0 saturated carbocycles. The number of hydrogen-bond donors (Lipinski definition) is 3. The van der Waals surface area contributed by atoms with Gasteiger partial charge in [0.2, 0.25) is 0 Å². The monoisotopic (exact) mass is 90.1 g/mol. The molecule has 0 amide bonds. The first kappa shape index (κ1) is 9.06. The number of aliphatic hydroxyl groups excluding tert-OH is 1. The summed E-state index contributed by atoms with van der Waals surface area (Å²) in [4.78, 5) is 0. The largest absolute Gasteiger partial charge is 0.400 e. The lowest BCUT2D eigenvalue weighted by Crippen LogP contribution is -2.00. The van der Waals surface area contributed by atoms with Gasteiger partial charge in [-0.05, 0) is 6.92 Å². The molecular formula is C3H10N2O. The normalized spacial score (nSPS) is 5.17. The van der Waals surface area contributed by atoms with Crippen molar-refractivity contribution in [3.63, 3.8) is 0 Å². The minimum absolute atomic E-state index is 0.167. The van der Waals surface area contributed by atoms with E-state index in [0.29, 0.717) is 0 Å². The van der Waals surface area contributed by atoms with E-state index in [1.54, 1.807) is 0 Å². The Morgan fingerprint density at radius 1 is 1.67 bits per heavy atom. The van der Waals surface area contributed by atoms with Crippen LogP contribution in [0.5, 0.6) is 0 Å². The Labute approximate surface area is 37.3 Å². The molecule has 0 aliphatic carbocycles. The third-order valence-electron chi connectivity index (χ3n) is 0. The second-order valence-corrected chi connectivity index (χ2v) is 0.683. The first-order valence-electron chi connectivity index (χ1n) is 1.49. The smallest absolute Gasteiger partial charge is 0.0873 e. The molecule has 6 heavy (non-hydrogen) atoms. The summed E-state index contributed by atoms with van der Waals surface area (Å²) in [6.45, 7) is 1.53. The summed E-state index contributed by atoms with van der Waals surface area (Å²) in [6.07, 6.45) is 0. The molecule has 4 N–H and O–H groups in total. The molecule has 0 spiro atoms. The van der Waals surface area contributed by atoms with Gasteiger partial charge in [0.1, 0.15) is 0 Å². The number of rotatable bonds is 0. The van der Waals surface area contributed by atoms with Crippen LogP contribution in [0.1, 0.15) is 6.92 Å². The zero-order valence-electron chi connectivity index (χ0n) is 4.02. The van der Waals surface area contributed by atoms with Crippen LogP contribution in [0.3, 0.4) is 0 Å². The maximum Gasteiger partial charge on any atom is 0.0873 e. The van der Waals surface area contributed by atoms with E-state index in [-0.39, 0.29) is 5.84 Å². The van der Waals surface area contributed by atoms with Gasteiger partial charge in [0.05, 0.1) is 5.84 Å². The molecule has 0 bridgehead atoms. The minimum Gasteiger partial charge on any atom is -0.400 e. The van der Waals surface area contributed by atoms with E-state index >= 15 is 0 Å². The van der Waals surface area contributed by atoms with Crippen molar-refractivity contribution in [2.45, 2.75) is 6.92 Å². The fraction of sp³-hybridized carbons (Fsp3) is 0.667. The molecule has 0 aliphatic rings. The Bertz CT molecular complexity index is 31.8. The molecule has 38 valence electrons. The molecule has 0 aromatic heterocycles. The van der Waals surface area contributed by atoms with Crippen LogP contribution in [-0.4, -0.2) is 18.1 Å². The quantitative estimate of drug-likeness (QED) is 0.278. The van der Waals surface area contributed by atoms with Crippen molar-refractivity contribution in [1.29, 1.82) is 5.41 Å². The molecule has 0 saturated heterocycles. The number of aliphatic hydroxyl groups is 1. The zero-order chi connectivity index (χ0) is 5.58. The molecule has 3 heteroatoms. The summed E-state index contributed by atoms with van der Waals surface area (Å²) in [7, 11) is 1.00. The van der Waals surface area contributed by atoms with Gasteiger partial charge in [-0.25, -0.2) is 0 Å². The molecule has 0 atom stereocenters. The van der Waals surface area contributed by atoms with Gasteiger partial charge in [0, 0.05) is 7.11 Å². The Kier molecular flexibility index (Phi) is 13.3. The molecule has 0 aromatic rings. The zero-order valence-corrected chi connectivity index (χ0v) is 4.02. The van der Waals surface area contributed by atoms with E-state index in [1.807, 2.05) is 0 Å². The molecule has 3 nitrogen and oxygen atoms in total. The van der Waals surface area contributed by atoms with Crippen molar-refractivity contribution in [3.05, 3.63) is 0 Å². The van der Waals surface area contributed by atoms with E-state index in [0.717, 1.165) is 7.11 Å². The third kappa shape index (κ3) is 62.3. The van der Waals surface area contributed by atoms with Gasteiger partial charge in [0.15, 0.2) is 0 Å². The van der Waals surface area contributed by atoms with Crippen molar-refractivity contribution < 1.29 is 5.11 Å². The Balaban J connectivity index is 0. The van der Waals surface area contributed by atoms with Crippen LogP contribution < -0.4 is 5.73 Å². The average molecular weight is 90.1 g/mol.